The molecule has 0 nitrogen and oxygen atoms in total. The Morgan fingerprint density at radius 3 is 0.892 bits per heavy atom. The third-order valence-electron chi connectivity index (χ3n) is 5.96. The van der Waals surface area contributed by atoms with E-state index in [1.807, 2.05) is 30.3 Å². The molecule has 0 spiro atoms. The summed E-state index contributed by atoms with van der Waals surface area (Å²) in [4.78, 5) is 0. The molecule has 1 fully saturated rings. The molecule has 1 aliphatic carbocycles. The van der Waals surface area contributed by atoms with Gasteiger partial charge in [-0.15, -0.1) is 0 Å². The maximum Gasteiger partial charge on any atom is 6.00 e. The van der Waals surface area contributed by atoms with Crippen LogP contribution in [0.2, 0.25) is 0 Å². The molecular weight excluding hydrogens is 526 g/mol. The van der Waals surface area contributed by atoms with E-state index in [1.54, 1.807) is 0 Å². The van der Waals surface area contributed by atoms with E-state index in [1.165, 1.54) is 46.4 Å². The van der Waals surface area contributed by atoms with Gasteiger partial charge in [0.1, 0.15) is 12.3 Å². The van der Waals surface area contributed by atoms with Crippen molar-refractivity contribution in [2.75, 3.05) is 12.3 Å². The molecule has 0 N–H and O–H groups in total. The summed E-state index contributed by atoms with van der Waals surface area (Å²) in [6, 6.07) is 54.5. The zero-order valence-electron chi connectivity index (χ0n) is 21.2. The molecule has 0 saturated heterocycles. The van der Waals surface area contributed by atoms with Crippen molar-refractivity contribution in [3.63, 3.8) is 0 Å². The van der Waals surface area contributed by atoms with E-state index in [4.69, 9.17) is 0 Å². The van der Waals surface area contributed by atoms with E-state index in [2.05, 4.69) is 128 Å². The Kier molecular flexibility index (Phi) is 13.5. The molecule has 0 radical (unpaired) electrons. The predicted octanol–water partition coefficient (Wildman–Crippen LogP) is 7.10. The van der Waals surface area contributed by atoms with Crippen LogP contribution < -0.4 is 21.2 Å². The smallest absolute Gasteiger partial charge is 0.333 e. The van der Waals surface area contributed by atoms with Crippen molar-refractivity contribution in [2.24, 2.45) is 0 Å². The normalized spacial score (nSPS) is 11.4. The molecule has 0 amide bonds. The van der Waals surface area contributed by atoms with Gasteiger partial charge in [0.25, 0.3) is 0 Å². The summed E-state index contributed by atoms with van der Waals surface area (Å²) in [5, 5.41) is 6.06. The molecule has 1 aliphatic rings. The van der Waals surface area contributed by atoms with Gasteiger partial charge in [0.2, 0.25) is 0 Å². The van der Waals surface area contributed by atoms with Crippen molar-refractivity contribution in [1.82, 2.24) is 0 Å². The van der Waals surface area contributed by atoms with Crippen molar-refractivity contribution >= 4 is 37.1 Å². The molecule has 6 rings (SSSR count). The van der Waals surface area contributed by atoms with Crippen LogP contribution >= 0.6 is 15.8 Å². The molecule has 0 heterocycles. The quantitative estimate of drug-likeness (QED) is 0.113. The van der Waals surface area contributed by atoms with Crippen LogP contribution in [0.3, 0.4) is 0 Å². The molecule has 3 heteroatoms. The minimum atomic E-state index is -0.783. The van der Waals surface area contributed by atoms with Crippen LogP contribution in [0.15, 0.2) is 152 Å². The monoisotopic (exact) mass is 562 g/mol. The SMILES string of the molecule is [CH-]1CC1.[Fe+6].c1cc[cH-]c1.c1ccc([PH+](CC[PH+](c2ccccc2)c2ccccc2)c2ccccc2)cc1. The Morgan fingerprint density at radius 2 is 0.703 bits per heavy atom. The Morgan fingerprint density at radius 1 is 0.432 bits per heavy atom. The van der Waals surface area contributed by atoms with Gasteiger partial charge in [-0.05, 0) is 48.5 Å². The summed E-state index contributed by atoms with van der Waals surface area (Å²) in [6.07, 6.45) is 7.52. The first-order valence-electron chi connectivity index (χ1n) is 12.8. The second kappa shape index (κ2) is 17.2. The van der Waals surface area contributed by atoms with Gasteiger partial charge in [-0.2, -0.15) is 18.2 Å². The third-order valence-corrected chi connectivity index (χ3v) is 12.1. The number of benzene rings is 4. The van der Waals surface area contributed by atoms with Crippen LogP contribution in [0.25, 0.3) is 0 Å². The van der Waals surface area contributed by atoms with Crippen molar-refractivity contribution in [3.05, 3.63) is 158 Å². The summed E-state index contributed by atoms with van der Waals surface area (Å²) < 4.78 is 0. The van der Waals surface area contributed by atoms with Crippen LogP contribution in [0.5, 0.6) is 0 Å². The minimum Gasteiger partial charge on any atom is -0.333 e. The fraction of sp³-hybridized carbons (Fsp3) is 0.118. The first kappa shape index (κ1) is 29.2. The Labute approximate surface area is 236 Å². The van der Waals surface area contributed by atoms with Gasteiger partial charge in [-0.1, -0.05) is 72.8 Å². The first-order chi connectivity index (χ1) is 17.9. The summed E-state index contributed by atoms with van der Waals surface area (Å²) in [6.45, 7) is 0. The molecule has 0 aliphatic heterocycles. The molecular formula is C34H36FeP2+6. The summed E-state index contributed by atoms with van der Waals surface area (Å²) >= 11 is 0. The first-order valence-corrected chi connectivity index (χ1v) is 16.2. The average Bonchev–Trinajstić information content (AvgIpc) is 3.73. The van der Waals surface area contributed by atoms with Crippen molar-refractivity contribution in [2.45, 2.75) is 12.8 Å². The van der Waals surface area contributed by atoms with Gasteiger partial charge in [-0.25, -0.2) is 25.0 Å². The van der Waals surface area contributed by atoms with Crippen LogP contribution in [-0.2, 0) is 17.1 Å². The van der Waals surface area contributed by atoms with Crippen LogP contribution in [-0.4, -0.2) is 12.3 Å². The van der Waals surface area contributed by atoms with Gasteiger partial charge < -0.3 is 6.42 Å². The second-order valence-electron chi connectivity index (χ2n) is 8.75. The summed E-state index contributed by atoms with van der Waals surface area (Å²) in [7, 11) is -1.57. The van der Waals surface area contributed by atoms with Crippen LogP contribution in [0.1, 0.15) is 12.8 Å². The van der Waals surface area contributed by atoms with E-state index >= 15 is 0 Å². The molecule has 0 unspecified atom stereocenters. The Bertz CT molecular complexity index is 1010. The van der Waals surface area contributed by atoms with Gasteiger partial charge in [0.15, 0.2) is 0 Å². The molecule has 1 saturated carbocycles. The Balaban J connectivity index is 0.000000360. The zero-order chi connectivity index (χ0) is 24.7. The Hall–Kier alpha value is -2.39. The molecule has 0 bridgehead atoms. The van der Waals surface area contributed by atoms with E-state index in [-0.39, 0.29) is 17.1 Å². The van der Waals surface area contributed by atoms with Gasteiger partial charge in [0.05, 0.1) is 37.1 Å². The third kappa shape index (κ3) is 10.5. The fourth-order valence-corrected chi connectivity index (χ4v) is 10.2. The summed E-state index contributed by atoms with van der Waals surface area (Å²) in [5.41, 5.74) is 0. The summed E-state index contributed by atoms with van der Waals surface area (Å²) in [5.74, 6) is 0. The van der Waals surface area contributed by atoms with Gasteiger partial charge in [-0.3, -0.25) is 0 Å². The average molecular weight is 562 g/mol. The second-order valence-corrected chi connectivity index (χ2v) is 14.0. The van der Waals surface area contributed by atoms with E-state index < -0.39 is 15.8 Å². The topological polar surface area (TPSA) is 0 Å². The molecule has 37 heavy (non-hydrogen) atoms. The number of hydrogen-bond donors (Lipinski definition) is 0. The van der Waals surface area contributed by atoms with E-state index in [0.29, 0.717) is 0 Å². The maximum absolute atomic E-state index is 2.32. The van der Waals surface area contributed by atoms with Gasteiger partial charge in [0, 0.05) is 0 Å². The van der Waals surface area contributed by atoms with Crippen molar-refractivity contribution in [3.8, 4) is 0 Å². The van der Waals surface area contributed by atoms with Crippen LogP contribution in [0, 0.1) is 6.42 Å². The molecule has 0 atom stereocenters. The number of rotatable bonds is 7. The predicted molar refractivity (Wildman–Crippen MR) is 166 cm³/mol. The van der Waals surface area contributed by atoms with Crippen molar-refractivity contribution in [1.29, 1.82) is 0 Å². The zero-order valence-corrected chi connectivity index (χ0v) is 24.3. The number of hydrogen-bond acceptors (Lipinski definition) is 0. The standard InChI is InChI=1S/C26H24P2.C5H5.C3H5.Fe/c1-5-13-23(14-6-1)27(24-15-7-2-8-16-24)21-22-28(25-17-9-3-10-18-25)26-19-11-4-12-20-26;1-2-4-5-3-1;1-2-3-1;/h1-20H,21-22H2;1-5H;1H,2-3H2;/q;2*-1;+6/p+2. The minimum absolute atomic E-state index is 0. The largest absolute Gasteiger partial charge is 6.00 e. The van der Waals surface area contributed by atoms with Crippen LogP contribution in [0.4, 0.5) is 0 Å². The van der Waals surface area contributed by atoms with E-state index in [9.17, 15) is 0 Å². The molecule has 184 valence electrons. The molecule has 0 aromatic heterocycles. The maximum atomic E-state index is 2.32. The van der Waals surface area contributed by atoms with Gasteiger partial charge >= 0.3 is 17.1 Å². The molecule has 5 aromatic rings. The van der Waals surface area contributed by atoms with Crippen molar-refractivity contribution < 1.29 is 17.1 Å². The molecule has 5 aromatic carbocycles. The van der Waals surface area contributed by atoms with E-state index in [0.717, 1.165) is 0 Å². The fourth-order valence-electron chi connectivity index (χ4n) is 4.04.